The summed E-state index contributed by atoms with van der Waals surface area (Å²) >= 11 is 6.11. The van der Waals surface area contributed by atoms with Crippen LogP contribution in [0.15, 0.2) is 77.6 Å². The fraction of sp³-hybridized carbons (Fsp3) is 0.160. The van der Waals surface area contributed by atoms with Gasteiger partial charge in [-0.15, -0.1) is 0 Å². The highest BCUT2D eigenvalue weighted by Crippen LogP contribution is 2.35. The first-order valence-electron chi connectivity index (χ1n) is 9.54. The van der Waals surface area contributed by atoms with Gasteiger partial charge in [-0.05, 0) is 65.4 Å². The molecule has 2 nitrogen and oxygen atoms in total. The van der Waals surface area contributed by atoms with E-state index >= 15 is 0 Å². The van der Waals surface area contributed by atoms with Gasteiger partial charge in [0, 0.05) is 16.5 Å². The van der Waals surface area contributed by atoms with E-state index in [-0.39, 0.29) is 5.56 Å². The lowest BCUT2D eigenvalue weighted by Gasteiger charge is -2.19. The maximum atomic E-state index is 12.7. The molecule has 0 aliphatic carbocycles. The standard InChI is InChI=1S/C25H22ClNO/c1-3-21-17(2)15-23-22(25(21)19-9-11-20(26)12-10-19)13-14-24(28)27(23)16-18-7-5-4-6-8-18/h4-15H,3,16H2,1-2H3. The number of nitrogens with zero attached hydrogens (tertiary/aromatic N) is 1. The zero-order chi connectivity index (χ0) is 19.7. The first kappa shape index (κ1) is 18.5. The zero-order valence-electron chi connectivity index (χ0n) is 16.1. The van der Waals surface area contributed by atoms with E-state index in [1.54, 1.807) is 6.07 Å². The molecule has 0 fully saturated rings. The predicted octanol–water partition coefficient (Wildman–Crippen LogP) is 6.24. The molecule has 0 N–H and O–H groups in total. The van der Waals surface area contributed by atoms with E-state index in [4.69, 9.17) is 11.6 Å². The molecule has 4 aromatic rings. The Hall–Kier alpha value is -2.84. The van der Waals surface area contributed by atoms with Crippen LogP contribution in [-0.4, -0.2) is 4.57 Å². The minimum atomic E-state index is 0.0158. The minimum Gasteiger partial charge on any atom is -0.304 e. The van der Waals surface area contributed by atoms with Crippen LogP contribution in [0.1, 0.15) is 23.6 Å². The molecule has 0 aliphatic rings. The molecule has 0 bridgehead atoms. The van der Waals surface area contributed by atoms with Gasteiger partial charge in [0.2, 0.25) is 0 Å². The highest BCUT2D eigenvalue weighted by atomic mass is 35.5. The third kappa shape index (κ3) is 3.36. The van der Waals surface area contributed by atoms with Gasteiger partial charge in [-0.2, -0.15) is 0 Å². The first-order chi connectivity index (χ1) is 13.6. The summed E-state index contributed by atoms with van der Waals surface area (Å²) in [4.78, 5) is 12.7. The van der Waals surface area contributed by atoms with E-state index in [1.165, 1.54) is 16.7 Å². The Morgan fingerprint density at radius 1 is 0.929 bits per heavy atom. The fourth-order valence-electron chi connectivity index (χ4n) is 3.94. The Morgan fingerprint density at radius 3 is 2.32 bits per heavy atom. The third-order valence-electron chi connectivity index (χ3n) is 5.30. The Morgan fingerprint density at radius 2 is 1.64 bits per heavy atom. The van der Waals surface area contributed by atoms with Crippen LogP contribution in [0.5, 0.6) is 0 Å². The molecular weight excluding hydrogens is 366 g/mol. The van der Waals surface area contributed by atoms with Crippen molar-refractivity contribution in [1.29, 1.82) is 0 Å². The smallest absolute Gasteiger partial charge is 0.251 e. The maximum Gasteiger partial charge on any atom is 0.251 e. The van der Waals surface area contributed by atoms with Crippen molar-refractivity contribution in [3.8, 4) is 11.1 Å². The summed E-state index contributed by atoms with van der Waals surface area (Å²) < 4.78 is 1.87. The molecule has 1 heterocycles. The summed E-state index contributed by atoms with van der Waals surface area (Å²) in [5.41, 5.74) is 6.92. The monoisotopic (exact) mass is 387 g/mol. The lowest BCUT2D eigenvalue weighted by Crippen LogP contribution is -2.20. The van der Waals surface area contributed by atoms with Crippen molar-refractivity contribution in [1.82, 2.24) is 4.57 Å². The van der Waals surface area contributed by atoms with Crippen molar-refractivity contribution in [3.63, 3.8) is 0 Å². The van der Waals surface area contributed by atoms with Crippen molar-refractivity contribution in [2.24, 2.45) is 0 Å². The van der Waals surface area contributed by atoms with Crippen LogP contribution >= 0.6 is 11.6 Å². The van der Waals surface area contributed by atoms with E-state index < -0.39 is 0 Å². The van der Waals surface area contributed by atoms with Crippen LogP contribution in [0.25, 0.3) is 22.0 Å². The Kier molecular flexibility index (Phi) is 5.06. The predicted molar refractivity (Wildman–Crippen MR) is 118 cm³/mol. The summed E-state index contributed by atoms with van der Waals surface area (Å²) in [5, 5.41) is 1.82. The van der Waals surface area contributed by atoms with Crippen LogP contribution in [0.4, 0.5) is 0 Å². The lowest BCUT2D eigenvalue weighted by molar-refractivity contribution is 0.794. The summed E-state index contributed by atoms with van der Waals surface area (Å²) in [7, 11) is 0. The van der Waals surface area contributed by atoms with Crippen LogP contribution < -0.4 is 5.56 Å². The van der Waals surface area contributed by atoms with E-state index in [2.05, 4.69) is 44.2 Å². The number of aromatic nitrogens is 1. The Labute approximate surface area is 170 Å². The van der Waals surface area contributed by atoms with Crippen LogP contribution in [-0.2, 0) is 13.0 Å². The minimum absolute atomic E-state index is 0.0158. The van der Waals surface area contributed by atoms with E-state index in [1.807, 2.05) is 41.0 Å². The molecule has 0 saturated heterocycles. The van der Waals surface area contributed by atoms with Gasteiger partial charge in [-0.25, -0.2) is 0 Å². The number of aryl methyl sites for hydroxylation is 1. The maximum absolute atomic E-state index is 12.7. The zero-order valence-corrected chi connectivity index (χ0v) is 16.8. The number of benzene rings is 3. The fourth-order valence-corrected chi connectivity index (χ4v) is 4.07. The molecule has 3 heteroatoms. The van der Waals surface area contributed by atoms with Gasteiger partial charge >= 0.3 is 0 Å². The van der Waals surface area contributed by atoms with Crippen LogP contribution in [0.2, 0.25) is 5.02 Å². The van der Waals surface area contributed by atoms with E-state index in [9.17, 15) is 4.79 Å². The summed E-state index contributed by atoms with van der Waals surface area (Å²) in [5.74, 6) is 0. The highest BCUT2D eigenvalue weighted by Gasteiger charge is 2.15. The topological polar surface area (TPSA) is 22.0 Å². The number of hydrogen-bond acceptors (Lipinski definition) is 1. The number of rotatable bonds is 4. The Balaban J connectivity index is 2.02. The molecule has 0 amide bonds. The molecule has 0 spiro atoms. The first-order valence-corrected chi connectivity index (χ1v) is 9.92. The molecule has 4 rings (SSSR count). The largest absolute Gasteiger partial charge is 0.304 e. The van der Waals surface area contributed by atoms with Crippen molar-refractivity contribution >= 4 is 22.5 Å². The molecule has 3 aromatic carbocycles. The Bertz CT molecular complexity index is 1190. The van der Waals surface area contributed by atoms with Gasteiger partial charge in [-0.3, -0.25) is 4.79 Å². The average molecular weight is 388 g/mol. The average Bonchev–Trinajstić information content (AvgIpc) is 2.71. The number of fused-ring (bicyclic) bond motifs is 1. The van der Waals surface area contributed by atoms with Gasteiger partial charge in [0.05, 0.1) is 12.1 Å². The second-order valence-corrected chi connectivity index (χ2v) is 7.52. The quantitative estimate of drug-likeness (QED) is 0.406. The van der Waals surface area contributed by atoms with Crippen molar-refractivity contribution in [3.05, 3.63) is 105 Å². The van der Waals surface area contributed by atoms with Crippen molar-refractivity contribution in [2.45, 2.75) is 26.8 Å². The second kappa shape index (κ2) is 7.65. The molecule has 0 unspecified atom stereocenters. The molecule has 0 saturated carbocycles. The van der Waals surface area contributed by atoms with Crippen molar-refractivity contribution < 1.29 is 0 Å². The van der Waals surface area contributed by atoms with Crippen molar-refractivity contribution in [2.75, 3.05) is 0 Å². The van der Waals surface area contributed by atoms with Gasteiger partial charge in [-0.1, -0.05) is 61.0 Å². The molecule has 28 heavy (non-hydrogen) atoms. The molecule has 1 aromatic heterocycles. The third-order valence-corrected chi connectivity index (χ3v) is 5.55. The summed E-state index contributed by atoms with van der Waals surface area (Å²) in [6.45, 7) is 4.86. The van der Waals surface area contributed by atoms with Gasteiger partial charge in [0.25, 0.3) is 5.56 Å². The van der Waals surface area contributed by atoms with E-state index in [0.717, 1.165) is 33.5 Å². The van der Waals surface area contributed by atoms with Crippen LogP contribution in [0, 0.1) is 6.92 Å². The second-order valence-electron chi connectivity index (χ2n) is 7.08. The molecule has 0 atom stereocenters. The molecule has 0 aliphatic heterocycles. The summed E-state index contributed by atoms with van der Waals surface area (Å²) in [6.07, 6.45) is 0.928. The van der Waals surface area contributed by atoms with Gasteiger partial charge < -0.3 is 4.57 Å². The highest BCUT2D eigenvalue weighted by molar-refractivity contribution is 6.30. The number of halogens is 1. The van der Waals surface area contributed by atoms with E-state index in [0.29, 0.717) is 6.54 Å². The van der Waals surface area contributed by atoms with Gasteiger partial charge in [0.15, 0.2) is 0 Å². The molecule has 140 valence electrons. The van der Waals surface area contributed by atoms with Crippen LogP contribution in [0.3, 0.4) is 0 Å². The number of pyridine rings is 1. The summed E-state index contributed by atoms with van der Waals surface area (Å²) in [6, 6.07) is 23.9. The molecular formula is C25H22ClNO. The number of hydrogen-bond donors (Lipinski definition) is 0. The SMILES string of the molecule is CCc1c(C)cc2c(ccc(=O)n2Cc2ccccc2)c1-c1ccc(Cl)cc1. The molecule has 0 radical (unpaired) electrons. The van der Waals surface area contributed by atoms with Gasteiger partial charge in [0.1, 0.15) is 0 Å². The lowest BCUT2D eigenvalue weighted by atomic mass is 9.90. The normalized spacial score (nSPS) is 11.1.